The van der Waals surface area contributed by atoms with Crippen molar-refractivity contribution in [1.82, 2.24) is 0 Å². The molecule has 0 amide bonds. The van der Waals surface area contributed by atoms with Crippen LogP contribution in [0.25, 0.3) is 0 Å². The second-order valence-corrected chi connectivity index (χ2v) is 11.1. The lowest BCUT2D eigenvalue weighted by atomic mass is 9.55. The molecular weight excluding hydrogens is 320 g/mol. The minimum Gasteiger partial charge on any atom is -0.299 e. The lowest BCUT2D eigenvalue weighted by Crippen LogP contribution is -2.46. The Morgan fingerprint density at radius 2 is 1.00 bits per heavy atom. The summed E-state index contributed by atoms with van der Waals surface area (Å²) in [5, 5.41) is 0. The summed E-state index contributed by atoms with van der Waals surface area (Å²) in [6, 6.07) is 0. The van der Waals surface area contributed by atoms with Gasteiger partial charge in [0.1, 0.15) is 11.6 Å². The first kappa shape index (κ1) is 17.4. The van der Waals surface area contributed by atoms with E-state index in [1.165, 1.54) is 25.7 Å². The van der Waals surface area contributed by atoms with E-state index in [1.54, 1.807) is 0 Å². The van der Waals surface area contributed by atoms with Gasteiger partial charge in [0.05, 0.1) is 0 Å². The van der Waals surface area contributed by atoms with E-state index in [4.69, 9.17) is 0 Å². The maximum absolute atomic E-state index is 13.5. The van der Waals surface area contributed by atoms with E-state index < -0.39 is 0 Å². The van der Waals surface area contributed by atoms with E-state index in [2.05, 4.69) is 27.7 Å². The number of ketones is 2. The highest BCUT2D eigenvalue weighted by Crippen LogP contribution is 2.65. The Labute approximate surface area is 158 Å². The fraction of sp³-hybridized carbons (Fsp3) is 0.917. The molecule has 5 fully saturated rings. The predicted molar refractivity (Wildman–Crippen MR) is 102 cm³/mol. The van der Waals surface area contributed by atoms with Gasteiger partial charge >= 0.3 is 0 Å². The van der Waals surface area contributed by atoms with Crippen LogP contribution in [0, 0.1) is 71.0 Å². The quantitative estimate of drug-likeness (QED) is 0.611. The van der Waals surface area contributed by atoms with Crippen molar-refractivity contribution in [1.29, 1.82) is 0 Å². The molecule has 0 aromatic rings. The Bertz CT molecular complexity index is 570. The molecule has 2 heteroatoms. The van der Waals surface area contributed by atoms with Crippen LogP contribution in [0.15, 0.2) is 0 Å². The van der Waals surface area contributed by atoms with Crippen molar-refractivity contribution in [3.8, 4) is 0 Å². The van der Waals surface area contributed by atoms with Gasteiger partial charge in [-0.15, -0.1) is 0 Å². The van der Waals surface area contributed by atoms with E-state index in [-0.39, 0.29) is 11.8 Å². The maximum Gasteiger partial charge on any atom is 0.139 e. The topological polar surface area (TPSA) is 34.1 Å². The first-order chi connectivity index (χ1) is 12.4. The van der Waals surface area contributed by atoms with Crippen molar-refractivity contribution < 1.29 is 9.59 Å². The summed E-state index contributed by atoms with van der Waals surface area (Å²) in [6.07, 6.45) is 7.25. The molecule has 0 bridgehead atoms. The zero-order chi connectivity index (χ0) is 18.3. The summed E-state index contributed by atoms with van der Waals surface area (Å²) in [4.78, 5) is 26.9. The molecule has 0 radical (unpaired) electrons. The van der Waals surface area contributed by atoms with Crippen LogP contribution in [0.3, 0.4) is 0 Å². The fourth-order valence-electron chi connectivity index (χ4n) is 8.92. The van der Waals surface area contributed by atoms with Gasteiger partial charge in [0.2, 0.25) is 0 Å². The number of carbonyl (C=O) groups excluding carboxylic acids is 2. The van der Waals surface area contributed by atoms with E-state index in [9.17, 15) is 9.59 Å². The number of hydrogen-bond acceptors (Lipinski definition) is 2. The third-order valence-electron chi connectivity index (χ3n) is 9.89. The molecule has 12 atom stereocenters. The molecule has 0 heterocycles. The summed E-state index contributed by atoms with van der Waals surface area (Å²) in [6.45, 7) is 9.36. The van der Waals surface area contributed by atoms with Gasteiger partial charge in [-0.1, -0.05) is 40.5 Å². The van der Waals surface area contributed by atoms with Crippen LogP contribution >= 0.6 is 0 Å². The van der Waals surface area contributed by atoms with Crippen molar-refractivity contribution in [2.75, 3.05) is 0 Å². The fourth-order valence-corrected chi connectivity index (χ4v) is 8.92. The van der Waals surface area contributed by atoms with Gasteiger partial charge in [-0.05, 0) is 73.0 Å². The van der Waals surface area contributed by atoms with E-state index in [0.29, 0.717) is 70.7 Å². The number of hydrogen-bond donors (Lipinski definition) is 0. The SMILES string of the molecule is CC1CCC2C(C1)C(=O)C1C(C)C3C4CCC(C)CC4C(=O)C3C(C)C21. The van der Waals surface area contributed by atoms with Crippen LogP contribution in [0.2, 0.25) is 0 Å². The van der Waals surface area contributed by atoms with E-state index >= 15 is 0 Å². The normalized spacial score (nSPS) is 58.8. The van der Waals surface area contributed by atoms with Gasteiger partial charge in [-0.25, -0.2) is 0 Å². The predicted octanol–water partition coefficient (Wildman–Crippen LogP) is 5.01. The Hall–Kier alpha value is -0.660. The molecule has 0 aliphatic heterocycles. The Balaban J connectivity index is 1.51. The molecule has 5 aliphatic rings. The molecule has 12 unspecified atom stereocenters. The molecule has 5 aliphatic carbocycles. The summed E-state index contributed by atoms with van der Waals surface area (Å²) < 4.78 is 0. The van der Waals surface area contributed by atoms with Crippen molar-refractivity contribution >= 4 is 11.6 Å². The number of rotatable bonds is 0. The monoisotopic (exact) mass is 356 g/mol. The van der Waals surface area contributed by atoms with E-state index in [1.807, 2.05) is 0 Å². The Morgan fingerprint density at radius 1 is 0.615 bits per heavy atom. The molecule has 0 saturated heterocycles. The van der Waals surface area contributed by atoms with Gasteiger partial charge in [0.25, 0.3) is 0 Å². The minimum atomic E-state index is 0.262. The highest BCUT2D eigenvalue weighted by Gasteiger charge is 2.65. The molecule has 144 valence electrons. The van der Waals surface area contributed by atoms with Crippen LogP contribution in [0.5, 0.6) is 0 Å². The maximum atomic E-state index is 13.5. The second kappa shape index (κ2) is 5.92. The summed E-state index contributed by atoms with van der Waals surface area (Å²) in [5.74, 6) is 6.79. The van der Waals surface area contributed by atoms with Crippen LogP contribution in [-0.4, -0.2) is 11.6 Å². The lowest BCUT2D eigenvalue weighted by Gasteiger charge is -2.47. The molecule has 0 aromatic carbocycles. The molecular formula is C24H36O2. The van der Waals surface area contributed by atoms with Gasteiger partial charge in [-0.3, -0.25) is 9.59 Å². The highest BCUT2D eigenvalue weighted by atomic mass is 16.1. The van der Waals surface area contributed by atoms with Gasteiger partial charge in [-0.2, -0.15) is 0 Å². The number of Topliss-reactive ketones (excluding diaryl/α,β-unsaturated/α-hetero) is 2. The summed E-state index contributed by atoms with van der Waals surface area (Å²) in [7, 11) is 0. The zero-order valence-corrected chi connectivity index (χ0v) is 17.0. The Morgan fingerprint density at radius 3 is 1.38 bits per heavy atom. The first-order valence-electron chi connectivity index (χ1n) is 11.5. The van der Waals surface area contributed by atoms with Gasteiger partial charge in [0, 0.05) is 23.7 Å². The Kier molecular flexibility index (Phi) is 3.97. The van der Waals surface area contributed by atoms with Crippen LogP contribution in [-0.2, 0) is 9.59 Å². The molecule has 0 aromatic heterocycles. The van der Waals surface area contributed by atoms with Crippen molar-refractivity contribution in [3.05, 3.63) is 0 Å². The minimum absolute atomic E-state index is 0.262. The summed E-state index contributed by atoms with van der Waals surface area (Å²) in [5.41, 5.74) is 0. The molecule has 5 saturated carbocycles. The molecule has 26 heavy (non-hydrogen) atoms. The molecule has 0 spiro atoms. The van der Waals surface area contributed by atoms with Crippen molar-refractivity contribution in [3.63, 3.8) is 0 Å². The highest BCUT2D eigenvalue weighted by molar-refractivity contribution is 5.90. The second-order valence-electron chi connectivity index (χ2n) is 11.1. The first-order valence-corrected chi connectivity index (χ1v) is 11.5. The van der Waals surface area contributed by atoms with Crippen molar-refractivity contribution in [2.24, 2.45) is 71.0 Å². The van der Waals surface area contributed by atoms with Crippen LogP contribution in [0.1, 0.15) is 66.2 Å². The molecule has 0 N–H and O–H groups in total. The third kappa shape index (κ3) is 2.17. The van der Waals surface area contributed by atoms with Crippen molar-refractivity contribution in [2.45, 2.75) is 66.2 Å². The lowest BCUT2D eigenvalue weighted by molar-refractivity contribution is -0.134. The largest absolute Gasteiger partial charge is 0.299 e. The number of fused-ring (bicyclic) bond motifs is 6. The number of carbonyl (C=O) groups is 2. The average Bonchev–Trinajstić information content (AvgIpc) is 3.06. The van der Waals surface area contributed by atoms with Gasteiger partial charge in [0.15, 0.2) is 0 Å². The average molecular weight is 357 g/mol. The standard InChI is InChI=1S/C24H36O2/c1-11-5-7-15-17(9-11)23(25)21-14(4)20-16-8-6-12(2)10-18(16)24(26)22(20)13(3)19(15)21/h11-22H,5-10H2,1-4H3. The smallest absolute Gasteiger partial charge is 0.139 e. The molecule has 5 rings (SSSR count). The summed E-state index contributed by atoms with van der Waals surface area (Å²) >= 11 is 0. The van der Waals surface area contributed by atoms with E-state index in [0.717, 1.165) is 12.8 Å². The zero-order valence-electron chi connectivity index (χ0n) is 17.0. The van der Waals surface area contributed by atoms with Crippen LogP contribution in [0.4, 0.5) is 0 Å². The van der Waals surface area contributed by atoms with Gasteiger partial charge < -0.3 is 0 Å². The molecule has 2 nitrogen and oxygen atoms in total. The third-order valence-corrected chi connectivity index (χ3v) is 9.89. The van der Waals surface area contributed by atoms with Crippen LogP contribution < -0.4 is 0 Å².